The number of hydrogen-bond donors (Lipinski definition) is 1. The van der Waals surface area contributed by atoms with Gasteiger partial charge in [0, 0.05) is 36.1 Å². The molecule has 2 heterocycles. The Hall–Kier alpha value is -0.580. The van der Waals surface area contributed by atoms with Gasteiger partial charge in [-0.3, -0.25) is 4.90 Å². The van der Waals surface area contributed by atoms with Crippen molar-refractivity contribution in [2.45, 2.75) is 13.0 Å². The van der Waals surface area contributed by atoms with Gasteiger partial charge in [-0.05, 0) is 30.2 Å². The van der Waals surface area contributed by atoms with E-state index in [0.717, 1.165) is 49.4 Å². The number of benzene rings is 1. The van der Waals surface area contributed by atoms with E-state index in [1.807, 2.05) is 0 Å². The Morgan fingerprint density at radius 1 is 1.41 bits per heavy atom. The smallest absolute Gasteiger partial charge is 0.127 e. The SMILES string of the molecule is NCC1CN(Cc2cc(Br)cc3c2OCC3)C1. The van der Waals surface area contributed by atoms with Crippen LogP contribution < -0.4 is 10.5 Å². The zero-order chi connectivity index (χ0) is 11.8. The molecular weight excluding hydrogens is 280 g/mol. The predicted molar refractivity (Wildman–Crippen MR) is 71.2 cm³/mol. The van der Waals surface area contributed by atoms with Crippen molar-refractivity contribution in [3.05, 3.63) is 27.7 Å². The monoisotopic (exact) mass is 296 g/mol. The number of hydrogen-bond acceptors (Lipinski definition) is 3. The van der Waals surface area contributed by atoms with Crippen LogP contribution in [0.2, 0.25) is 0 Å². The van der Waals surface area contributed by atoms with Gasteiger partial charge in [0.05, 0.1) is 6.61 Å². The lowest BCUT2D eigenvalue weighted by Crippen LogP contribution is -2.49. The van der Waals surface area contributed by atoms with E-state index in [4.69, 9.17) is 10.5 Å². The molecule has 3 nitrogen and oxygen atoms in total. The maximum absolute atomic E-state index is 5.74. The van der Waals surface area contributed by atoms with Crippen molar-refractivity contribution < 1.29 is 4.74 Å². The van der Waals surface area contributed by atoms with Crippen molar-refractivity contribution in [3.8, 4) is 5.75 Å². The second-order valence-corrected chi connectivity index (χ2v) is 5.86. The van der Waals surface area contributed by atoms with E-state index >= 15 is 0 Å². The maximum Gasteiger partial charge on any atom is 0.127 e. The van der Waals surface area contributed by atoms with E-state index < -0.39 is 0 Å². The molecule has 0 aromatic heterocycles. The first kappa shape index (κ1) is 11.5. The van der Waals surface area contributed by atoms with Crippen molar-refractivity contribution in [1.29, 1.82) is 0 Å². The topological polar surface area (TPSA) is 38.5 Å². The Balaban J connectivity index is 1.75. The van der Waals surface area contributed by atoms with Crippen LogP contribution in [-0.4, -0.2) is 31.1 Å². The molecule has 0 saturated carbocycles. The highest BCUT2D eigenvalue weighted by molar-refractivity contribution is 9.10. The third-order valence-electron chi connectivity index (χ3n) is 3.59. The number of rotatable bonds is 3. The molecule has 4 heteroatoms. The standard InChI is InChI=1S/C13H17BrN2O/c14-12-3-10-1-2-17-13(10)11(4-12)8-16-6-9(5-15)7-16/h3-4,9H,1-2,5-8,15H2. The fraction of sp³-hybridized carbons (Fsp3) is 0.538. The van der Waals surface area contributed by atoms with Gasteiger partial charge in [0.25, 0.3) is 0 Å². The molecule has 1 aromatic carbocycles. The third-order valence-corrected chi connectivity index (χ3v) is 4.04. The second kappa shape index (κ2) is 4.59. The van der Waals surface area contributed by atoms with Crippen LogP contribution in [0.3, 0.4) is 0 Å². The summed E-state index contributed by atoms with van der Waals surface area (Å²) in [5.41, 5.74) is 8.29. The number of nitrogens with zero attached hydrogens (tertiary/aromatic N) is 1. The molecule has 1 saturated heterocycles. The molecule has 0 bridgehead atoms. The van der Waals surface area contributed by atoms with E-state index in [9.17, 15) is 0 Å². The highest BCUT2D eigenvalue weighted by Gasteiger charge is 2.27. The van der Waals surface area contributed by atoms with Crippen molar-refractivity contribution in [2.75, 3.05) is 26.2 Å². The van der Waals surface area contributed by atoms with Crippen molar-refractivity contribution in [3.63, 3.8) is 0 Å². The highest BCUT2D eigenvalue weighted by Crippen LogP contribution is 2.34. The fourth-order valence-corrected chi connectivity index (χ4v) is 3.21. The van der Waals surface area contributed by atoms with Gasteiger partial charge in [0.2, 0.25) is 0 Å². The first-order chi connectivity index (χ1) is 8.26. The van der Waals surface area contributed by atoms with Gasteiger partial charge < -0.3 is 10.5 Å². The molecule has 0 amide bonds. The van der Waals surface area contributed by atoms with E-state index in [1.54, 1.807) is 0 Å². The van der Waals surface area contributed by atoms with Crippen LogP contribution >= 0.6 is 15.9 Å². The minimum absolute atomic E-state index is 0.691. The van der Waals surface area contributed by atoms with E-state index in [1.165, 1.54) is 11.1 Å². The van der Waals surface area contributed by atoms with Crippen molar-refractivity contribution in [2.24, 2.45) is 11.7 Å². The lowest BCUT2D eigenvalue weighted by Gasteiger charge is -2.38. The number of nitrogens with two attached hydrogens (primary N) is 1. The summed E-state index contributed by atoms with van der Waals surface area (Å²) in [4.78, 5) is 2.43. The average molecular weight is 297 g/mol. The first-order valence-electron chi connectivity index (χ1n) is 6.13. The van der Waals surface area contributed by atoms with Crippen LogP contribution in [0.1, 0.15) is 11.1 Å². The third kappa shape index (κ3) is 2.21. The molecule has 0 unspecified atom stereocenters. The molecule has 0 atom stereocenters. The summed E-state index contributed by atoms with van der Waals surface area (Å²) in [6, 6.07) is 4.35. The Morgan fingerprint density at radius 2 is 2.24 bits per heavy atom. The molecule has 2 aliphatic heterocycles. The molecule has 1 fully saturated rings. The van der Waals surface area contributed by atoms with Gasteiger partial charge in [-0.25, -0.2) is 0 Å². The predicted octanol–water partition coefficient (Wildman–Crippen LogP) is 1.77. The average Bonchev–Trinajstić information content (AvgIpc) is 2.70. The van der Waals surface area contributed by atoms with E-state index in [0.29, 0.717) is 5.92 Å². The van der Waals surface area contributed by atoms with Gasteiger partial charge in [0.1, 0.15) is 5.75 Å². The number of likely N-dealkylation sites (tertiary alicyclic amines) is 1. The van der Waals surface area contributed by atoms with Crippen molar-refractivity contribution in [1.82, 2.24) is 4.90 Å². The van der Waals surface area contributed by atoms with Crippen LogP contribution in [0.5, 0.6) is 5.75 Å². The largest absolute Gasteiger partial charge is 0.493 e. The molecular formula is C13H17BrN2O. The summed E-state index contributed by atoms with van der Waals surface area (Å²) in [7, 11) is 0. The second-order valence-electron chi connectivity index (χ2n) is 4.95. The minimum Gasteiger partial charge on any atom is -0.493 e. The van der Waals surface area contributed by atoms with Gasteiger partial charge in [-0.15, -0.1) is 0 Å². The number of halogens is 1. The summed E-state index contributed by atoms with van der Waals surface area (Å²) in [5.74, 6) is 1.81. The van der Waals surface area contributed by atoms with Crippen LogP contribution in [-0.2, 0) is 13.0 Å². The molecule has 0 aliphatic carbocycles. The van der Waals surface area contributed by atoms with E-state index in [-0.39, 0.29) is 0 Å². The van der Waals surface area contributed by atoms with Gasteiger partial charge >= 0.3 is 0 Å². The molecule has 1 aromatic rings. The zero-order valence-corrected chi connectivity index (χ0v) is 11.4. The van der Waals surface area contributed by atoms with Crippen LogP contribution in [0, 0.1) is 5.92 Å². The first-order valence-corrected chi connectivity index (χ1v) is 6.92. The summed E-state index contributed by atoms with van der Waals surface area (Å²) in [6.45, 7) is 4.86. The Kier molecular flexibility index (Phi) is 3.11. The normalized spacial score (nSPS) is 19.9. The van der Waals surface area contributed by atoms with E-state index in [2.05, 4.69) is 33.0 Å². The van der Waals surface area contributed by atoms with Crippen molar-refractivity contribution >= 4 is 15.9 Å². The van der Waals surface area contributed by atoms with Crippen LogP contribution in [0.4, 0.5) is 0 Å². The summed E-state index contributed by atoms with van der Waals surface area (Å²) < 4.78 is 6.89. The van der Waals surface area contributed by atoms with Gasteiger partial charge in [-0.2, -0.15) is 0 Å². The molecule has 0 radical (unpaired) electrons. The summed E-state index contributed by atoms with van der Waals surface area (Å²) in [5, 5.41) is 0. The number of ether oxygens (including phenoxy) is 1. The summed E-state index contributed by atoms with van der Waals surface area (Å²) >= 11 is 3.58. The zero-order valence-electron chi connectivity index (χ0n) is 9.79. The Labute approximate surface area is 110 Å². The summed E-state index contributed by atoms with van der Waals surface area (Å²) in [6.07, 6.45) is 1.03. The van der Waals surface area contributed by atoms with Gasteiger partial charge in [-0.1, -0.05) is 15.9 Å². The molecule has 92 valence electrons. The molecule has 0 spiro atoms. The maximum atomic E-state index is 5.74. The fourth-order valence-electron chi connectivity index (χ4n) is 2.66. The Morgan fingerprint density at radius 3 is 3.00 bits per heavy atom. The molecule has 2 N–H and O–H groups in total. The molecule has 3 rings (SSSR count). The highest BCUT2D eigenvalue weighted by atomic mass is 79.9. The van der Waals surface area contributed by atoms with Crippen LogP contribution in [0.15, 0.2) is 16.6 Å². The number of fused-ring (bicyclic) bond motifs is 1. The molecule has 2 aliphatic rings. The lowest BCUT2D eigenvalue weighted by molar-refractivity contribution is 0.0968. The lowest BCUT2D eigenvalue weighted by atomic mass is 9.99. The molecule has 17 heavy (non-hydrogen) atoms. The van der Waals surface area contributed by atoms with Gasteiger partial charge in [0.15, 0.2) is 0 Å². The quantitative estimate of drug-likeness (QED) is 0.924. The van der Waals surface area contributed by atoms with Crippen LogP contribution in [0.25, 0.3) is 0 Å². The minimum atomic E-state index is 0.691. The Bertz CT molecular complexity index is 430.